The SMILES string of the molecule is CN(Cc1ccc(F)cc1)C(=O)CC1(N)CCCCC1. The molecule has 1 aliphatic rings. The number of carbonyl (C=O) groups is 1. The minimum absolute atomic E-state index is 0.0683. The van der Waals surface area contributed by atoms with Crippen LogP contribution in [0.3, 0.4) is 0 Å². The average molecular weight is 278 g/mol. The van der Waals surface area contributed by atoms with Crippen molar-refractivity contribution >= 4 is 5.91 Å². The monoisotopic (exact) mass is 278 g/mol. The molecule has 3 nitrogen and oxygen atoms in total. The van der Waals surface area contributed by atoms with Crippen LogP contribution in [0.25, 0.3) is 0 Å². The third-order valence-corrected chi connectivity index (χ3v) is 4.11. The van der Waals surface area contributed by atoms with E-state index in [-0.39, 0.29) is 17.3 Å². The summed E-state index contributed by atoms with van der Waals surface area (Å²) >= 11 is 0. The molecule has 0 unspecified atom stereocenters. The molecule has 20 heavy (non-hydrogen) atoms. The zero-order valence-corrected chi connectivity index (χ0v) is 12.1. The van der Waals surface area contributed by atoms with Crippen LogP contribution in [0.15, 0.2) is 24.3 Å². The Labute approximate surface area is 120 Å². The zero-order chi connectivity index (χ0) is 14.6. The summed E-state index contributed by atoms with van der Waals surface area (Å²) in [5, 5.41) is 0. The molecule has 0 aromatic heterocycles. The Morgan fingerprint density at radius 2 is 1.85 bits per heavy atom. The first-order valence-corrected chi connectivity index (χ1v) is 7.26. The molecule has 1 aliphatic carbocycles. The quantitative estimate of drug-likeness (QED) is 0.920. The minimum Gasteiger partial charge on any atom is -0.341 e. The van der Waals surface area contributed by atoms with Gasteiger partial charge in [0.2, 0.25) is 5.91 Å². The van der Waals surface area contributed by atoms with Crippen LogP contribution in [0.2, 0.25) is 0 Å². The van der Waals surface area contributed by atoms with Crippen molar-refractivity contribution in [1.29, 1.82) is 0 Å². The van der Waals surface area contributed by atoms with E-state index in [1.807, 2.05) is 0 Å². The van der Waals surface area contributed by atoms with Crippen molar-refractivity contribution in [2.24, 2.45) is 5.73 Å². The average Bonchev–Trinajstić information content (AvgIpc) is 2.41. The van der Waals surface area contributed by atoms with Crippen LogP contribution < -0.4 is 5.73 Å². The van der Waals surface area contributed by atoms with Gasteiger partial charge in [-0.05, 0) is 30.5 Å². The number of hydrogen-bond donors (Lipinski definition) is 1. The fourth-order valence-corrected chi connectivity index (χ4v) is 2.82. The zero-order valence-electron chi connectivity index (χ0n) is 12.1. The summed E-state index contributed by atoms with van der Waals surface area (Å²) in [4.78, 5) is 13.9. The number of nitrogens with zero attached hydrogens (tertiary/aromatic N) is 1. The molecule has 1 saturated carbocycles. The van der Waals surface area contributed by atoms with E-state index in [2.05, 4.69) is 0 Å². The van der Waals surface area contributed by atoms with Gasteiger partial charge in [-0.25, -0.2) is 4.39 Å². The summed E-state index contributed by atoms with van der Waals surface area (Å²) in [7, 11) is 1.78. The molecule has 1 aromatic carbocycles. The molecule has 0 atom stereocenters. The first-order chi connectivity index (χ1) is 9.48. The van der Waals surface area contributed by atoms with Gasteiger partial charge in [-0.15, -0.1) is 0 Å². The van der Waals surface area contributed by atoms with Crippen LogP contribution in [0.5, 0.6) is 0 Å². The summed E-state index contributed by atoms with van der Waals surface area (Å²) in [5.41, 5.74) is 6.91. The standard InChI is InChI=1S/C16H23FN2O/c1-19(12-13-5-7-14(17)8-6-13)15(20)11-16(18)9-3-2-4-10-16/h5-8H,2-4,9-12,18H2,1H3. The molecule has 0 aliphatic heterocycles. The topological polar surface area (TPSA) is 46.3 Å². The summed E-state index contributed by atoms with van der Waals surface area (Å²) in [6.07, 6.45) is 5.73. The van der Waals surface area contributed by atoms with E-state index in [1.165, 1.54) is 18.6 Å². The number of hydrogen-bond acceptors (Lipinski definition) is 2. The van der Waals surface area contributed by atoms with Gasteiger partial charge in [-0.3, -0.25) is 4.79 Å². The van der Waals surface area contributed by atoms with E-state index in [9.17, 15) is 9.18 Å². The number of benzene rings is 1. The Morgan fingerprint density at radius 3 is 2.45 bits per heavy atom. The third-order valence-electron chi connectivity index (χ3n) is 4.11. The first kappa shape index (κ1) is 15.0. The van der Waals surface area contributed by atoms with E-state index in [0.717, 1.165) is 31.2 Å². The number of rotatable bonds is 4. The molecule has 0 spiro atoms. The van der Waals surface area contributed by atoms with Gasteiger partial charge in [-0.2, -0.15) is 0 Å². The van der Waals surface area contributed by atoms with Gasteiger partial charge in [-0.1, -0.05) is 31.4 Å². The molecule has 0 saturated heterocycles. The lowest BCUT2D eigenvalue weighted by atomic mass is 9.80. The molecule has 1 amide bonds. The van der Waals surface area contributed by atoms with Crippen molar-refractivity contribution in [2.75, 3.05) is 7.05 Å². The number of carbonyl (C=O) groups excluding carboxylic acids is 1. The van der Waals surface area contributed by atoms with Gasteiger partial charge < -0.3 is 10.6 Å². The second-order valence-electron chi connectivity index (χ2n) is 5.98. The van der Waals surface area contributed by atoms with Gasteiger partial charge in [0.15, 0.2) is 0 Å². The maximum atomic E-state index is 12.8. The largest absolute Gasteiger partial charge is 0.341 e. The second kappa shape index (κ2) is 6.35. The maximum Gasteiger partial charge on any atom is 0.224 e. The third kappa shape index (κ3) is 4.04. The lowest BCUT2D eigenvalue weighted by Crippen LogP contribution is -2.46. The highest BCUT2D eigenvalue weighted by Gasteiger charge is 2.31. The van der Waals surface area contributed by atoms with Crippen LogP contribution in [0.1, 0.15) is 44.1 Å². The molecule has 110 valence electrons. The maximum absolute atomic E-state index is 12.8. The lowest BCUT2D eigenvalue weighted by Gasteiger charge is -2.34. The summed E-state index contributed by atoms with van der Waals surface area (Å²) in [6, 6.07) is 6.24. The summed E-state index contributed by atoms with van der Waals surface area (Å²) < 4.78 is 12.8. The summed E-state index contributed by atoms with van der Waals surface area (Å²) in [5.74, 6) is -0.190. The highest BCUT2D eigenvalue weighted by atomic mass is 19.1. The predicted molar refractivity (Wildman–Crippen MR) is 77.5 cm³/mol. The smallest absolute Gasteiger partial charge is 0.224 e. The number of amides is 1. The molecule has 2 rings (SSSR count). The van der Waals surface area contributed by atoms with E-state index in [1.54, 1.807) is 24.1 Å². The highest BCUT2D eigenvalue weighted by molar-refractivity contribution is 5.77. The Bertz CT molecular complexity index is 452. The normalized spacial score (nSPS) is 17.8. The van der Waals surface area contributed by atoms with E-state index >= 15 is 0 Å². The molecule has 4 heteroatoms. The molecule has 0 heterocycles. The molecule has 1 fully saturated rings. The molecular formula is C16H23FN2O. The Balaban J connectivity index is 1.89. The molecule has 1 aromatic rings. The van der Waals surface area contributed by atoms with Gasteiger partial charge >= 0.3 is 0 Å². The van der Waals surface area contributed by atoms with Crippen LogP contribution in [0.4, 0.5) is 4.39 Å². The number of nitrogens with two attached hydrogens (primary N) is 1. The van der Waals surface area contributed by atoms with E-state index in [4.69, 9.17) is 5.73 Å². The molecule has 2 N–H and O–H groups in total. The minimum atomic E-state index is -0.327. The van der Waals surface area contributed by atoms with Crippen molar-refractivity contribution < 1.29 is 9.18 Å². The van der Waals surface area contributed by atoms with Crippen molar-refractivity contribution in [1.82, 2.24) is 4.90 Å². The van der Waals surface area contributed by atoms with Crippen molar-refractivity contribution in [3.05, 3.63) is 35.6 Å². The van der Waals surface area contributed by atoms with Gasteiger partial charge in [0.25, 0.3) is 0 Å². The van der Waals surface area contributed by atoms with Gasteiger partial charge in [0.05, 0.1) is 0 Å². The van der Waals surface area contributed by atoms with Crippen LogP contribution in [0, 0.1) is 5.82 Å². The van der Waals surface area contributed by atoms with Gasteiger partial charge in [0, 0.05) is 25.6 Å². The fraction of sp³-hybridized carbons (Fsp3) is 0.562. The lowest BCUT2D eigenvalue weighted by molar-refractivity contribution is -0.132. The number of halogens is 1. The first-order valence-electron chi connectivity index (χ1n) is 7.26. The van der Waals surface area contributed by atoms with Crippen LogP contribution in [-0.4, -0.2) is 23.4 Å². The molecule has 0 bridgehead atoms. The Morgan fingerprint density at radius 1 is 1.25 bits per heavy atom. The molecular weight excluding hydrogens is 255 g/mol. The predicted octanol–water partition coefficient (Wildman–Crippen LogP) is 2.84. The highest BCUT2D eigenvalue weighted by Crippen LogP contribution is 2.29. The van der Waals surface area contributed by atoms with Crippen molar-refractivity contribution in [2.45, 2.75) is 50.6 Å². The molecule has 0 radical (unpaired) electrons. The Kier molecular flexibility index (Phi) is 4.76. The fourth-order valence-electron chi connectivity index (χ4n) is 2.82. The van der Waals surface area contributed by atoms with Crippen LogP contribution >= 0.6 is 0 Å². The second-order valence-corrected chi connectivity index (χ2v) is 5.98. The van der Waals surface area contributed by atoms with E-state index < -0.39 is 0 Å². The van der Waals surface area contributed by atoms with Crippen LogP contribution in [-0.2, 0) is 11.3 Å². The Hall–Kier alpha value is -1.42. The van der Waals surface area contributed by atoms with Crippen molar-refractivity contribution in [3.8, 4) is 0 Å². The summed E-state index contributed by atoms with van der Waals surface area (Å²) in [6.45, 7) is 0.495. The van der Waals surface area contributed by atoms with Gasteiger partial charge in [0.1, 0.15) is 5.82 Å². The van der Waals surface area contributed by atoms with Crippen molar-refractivity contribution in [3.63, 3.8) is 0 Å². The van der Waals surface area contributed by atoms with E-state index in [0.29, 0.717) is 13.0 Å².